The summed E-state index contributed by atoms with van der Waals surface area (Å²) in [5.74, 6) is 1.24. The molecule has 0 aliphatic rings. The number of benzene rings is 1. The van der Waals surface area contributed by atoms with Gasteiger partial charge in [0.2, 0.25) is 0 Å². The first-order chi connectivity index (χ1) is 7.77. The summed E-state index contributed by atoms with van der Waals surface area (Å²) < 4.78 is 0. The normalized spacial score (nSPS) is 12.7. The molecule has 0 heterocycles. The minimum atomic E-state index is 0.466. The van der Waals surface area contributed by atoms with Crippen molar-refractivity contribution in [1.82, 2.24) is 5.32 Å². The van der Waals surface area contributed by atoms with E-state index in [4.69, 9.17) is 0 Å². The summed E-state index contributed by atoms with van der Waals surface area (Å²) in [6, 6.07) is 9.41. The fraction of sp³-hybridized carbons (Fsp3) is 0.571. The fourth-order valence-corrected chi connectivity index (χ4v) is 2.13. The lowest BCUT2D eigenvalue weighted by molar-refractivity contribution is 0.572. The summed E-state index contributed by atoms with van der Waals surface area (Å²) in [6.45, 7) is 5.54. The van der Waals surface area contributed by atoms with Gasteiger partial charge in [-0.25, -0.2) is 0 Å². The van der Waals surface area contributed by atoms with Gasteiger partial charge in [-0.15, -0.1) is 0 Å². The summed E-state index contributed by atoms with van der Waals surface area (Å²) in [5.41, 5.74) is 2.81. The van der Waals surface area contributed by atoms with Crippen molar-refractivity contribution < 1.29 is 0 Å². The summed E-state index contributed by atoms with van der Waals surface area (Å²) >= 11 is 1.91. The second-order valence-corrected chi connectivity index (χ2v) is 5.10. The Morgan fingerprint density at radius 3 is 2.50 bits per heavy atom. The second-order valence-electron chi connectivity index (χ2n) is 4.12. The molecule has 0 fully saturated rings. The quantitative estimate of drug-likeness (QED) is 0.726. The smallest absolute Gasteiger partial charge is 0.0291 e. The second kappa shape index (κ2) is 7.75. The molecule has 2 heteroatoms. The molecule has 0 bridgehead atoms. The highest BCUT2D eigenvalue weighted by Gasteiger charge is 2.03. The Kier molecular flexibility index (Phi) is 6.58. The van der Waals surface area contributed by atoms with Crippen LogP contribution in [0.2, 0.25) is 0 Å². The molecule has 16 heavy (non-hydrogen) atoms. The van der Waals surface area contributed by atoms with E-state index in [1.54, 1.807) is 0 Å². The lowest BCUT2D eigenvalue weighted by Gasteiger charge is -2.14. The van der Waals surface area contributed by atoms with E-state index >= 15 is 0 Å². The van der Waals surface area contributed by atoms with Gasteiger partial charge in [-0.2, -0.15) is 11.8 Å². The monoisotopic (exact) mass is 237 g/mol. The van der Waals surface area contributed by atoms with E-state index in [0.717, 1.165) is 13.0 Å². The highest BCUT2D eigenvalue weighted by Crippen LogP contribution is 2.13. The highest BCUT2D eigenvalue weighted by atomic mass is 32.2. The number of thioether (sulfide) groups is 1. The van der Waals surface area contributed by atoms with Gasteiger partial charge >= 0.3 is 0 Å². The number of hydrogen-bond donors (Lipinski definition) is 1. The van der Waals surface area contributed by atoms with Crippen LogP contribution < -0.4 is 5.32 Å². The number of aryl methyl sites for hydroxylation is 1. The summed E-state index contributed by atoms with van der Waals surface area (Å²) in [7, 11) is 0. The Morgan fingerprint density at radius 1 is 1.25 bits per heavy atom. The molecule has 0 aliphatic heterocycles. The van der Waals surface area contributed by atoms with Gasteiger partial charge in [0, 0.05) is 6.04 Å². The molecule has 0 spiro atoms. The van der Waals surface area contributed by atoms with Gasteiger partial charge in [0.05, 0.1) is 0 Å². The van der Waals surface area contributed by atoms with Crippen molar-refractivity contribution in [2.24, 2.45) is 0 Å². The maximum atomic E-state index is 3.56. The molecule has 1 unspecified atom stereocenters. The predicted octanol–water partition coefficient (Wildman–Crippen LogP) is 3.65. The van der Waals surface area contributed by atoms with Gasteiger partial charge in [0.25, 0.3) is 0 Å². The minimum Gasteiger partial charge on any atom is -0.310 e. The average Bonchev–Trinajstić information content (AvgIpc) is 2.34. The summed E-state index contributed by atoms with van der Waals surface area (Å²) in [6.07, 6.45) is 4.53. The number of hydrogen-bond acceptors (Lipinski definition) is 2. The summed E-state index contributed by atoms with van der Waals surface area (Å²) in [5, 5.41) is 3.56. The zero-order valence-electron chi connectivity index (χ0n) is 10.6. The molecule has 1 aromatic rings. The molecule has 0 saturated heterocycles. The predicted molar refractivity (Wildman–Crippen MR) is 75.2 cm³/mol. The van der Waals surface area contributed by atoms with Crippen LogP contribution in [-0.4, -0.2) is 18.6 Å². The van der Waals surface area contributed by atoms with Crippen LogP contribution in [0.3, 0.4) is 0 Å². The van der Waals surface area contributed by atoms with Crippen LogP contribution in [0.1, 0.15) is 37.4 Å². The Hall–Kier alpha value is -0.470. The Bertz CT molecular complexity index is 281. The van der Waals surface area contributed by atoms with Crippen LogP contribution in [-0.2, 0) is 6.42 Å². The van der Waals surface area contributed by atoms with E-state index in [9.17, 15) is 0 Å². The van der Waals surface area contributed by atoms with E-state index in [2.05, 4.69) is 49.7 Å². The van der Waals surface area contributed by atoms with Gasteiger partial charge in [-0.3, -0.25) is 0 Å². The van der Waals surface area contributed by atoms with Gasteiger partial charge < -0.3 is 5.32 Å². The van der Waals surface area contributed by atoms with Gasteiger partial charge in [0.1, 0.15) is 0 Å². The molecule has 0 saturated carbocycles. The Morgan fingerprint density at radius 2 is 1.94 bits per heavy atom. The van der Waals surface area contributed by atoms with Crippen LogP contribution >= 0.6 is 11.8 Å². The largest absolute Gasteiger partial charge is 0.310 e. The van der Waals surface area contributed by atoms with Crippen molar-refractivity contribution in [2.45, 2.75) is 32.7 Å². The molecular weight excluding hydrogens is 214 g/mol. The third-order valence-electron chi connectivity index (χ3n) is 2.86. The SMILES string of the molecule is CCc1ccc(C(C)NCCCSC)cc1. The lowest BCUT2D eigenvalue weighted by Crippen LogP contribution is -2.20. The standard InChI is InChI=1S/C14H23NS/c1-4-13-6-8-14(9-7-13)12(2)15-10-5-11-16-3/h6-9,12,15H,4-5,10-11H2,1-3H3. The highest BCUT2D eigenvalue weighted by molar-refractivity contribution is 7.98. The van der Waals surface area contributed by atoms with E-state index in [-0.39, 0.29) is 0 Å². The molecule has 1 N–H and O–H groups in total. The molecule has 1 nitrogen and oxygen atoms in total. The molecule has 0 aromatic heterocycles. The van der Waals surface area contributed by atoms with E-state index in [1.165, 1.54) is 23.3 Å². The third-order valence-corrected chi connectivity index (χ3v) is 3.56. The Balaban J connectivity index is 2.37. The first kappa shape index (κ1) is 13.6. The fourth-order valence-electron chi connectivity index (χ4n) is 1.69. The van der Waals surface area contributed by atoms with Crippen LogP contribution in [0.15, 0.2) is 24.3 Å². The maximum Gasteiger partial charge on any atom is 0.0291 e. The number of rotatable bonds is 7. The maximum absolute atomic E-state index is 3.56. The average molecular weight is 237 g/mol. The molecule has 1 atom stereocenters. The van der Waals surface area contributed by atoms with Gasteiger partial charge in [-0.05, 0) is 49.4 Å². The molecule has 0 amide bonds. The topological polar surface area (TPSA) is 12.0 Å². The van der Waals surface area contributed by atoms with Crippen LogP contribution in [0.25, 0.3) is 0 Å². The van der Waals surface area contributed by atoms with Crippen molar-refractivity contribution >= 4 is 11.8 Å². The van der Waals surface area contributed by atoms with Crippen molar-refractivity contribution in [1.29, 1.82) is 0 Å². The molecule has 0 radical (unpaired) electrons. The van der Waals surface area contributed by atoms with Crippen LogP contribution in [0.5, 0.6) is 0 Å². The van der Waals surface area contributed by atoms with Gasteiger partial charge in [-0.1, -0.05) is 31.2 Å². The molecule has 90 valence electrons. The lowest BCUT2D eigenvalue weighted by atomic mass is 10.1. The zero-order valence-corrected chi connectivity index (χ0v) is 11.4. The van der Waals surface area contributed by atoms with E-state index in [0.29, 0.717) is 6.04 Å². The van der Waals surface area contributed by atoms with Crippen LogP contribution in [0.4, 0.5) is 0 Å². The van der Waals surface area contributed by atoms with Crippen molar-refractivity contribution in [2.75, 3.05) is 18.6 Å². The van der Waals surface area contributed by atoms with Crippen molar-refractivity contribution in [3.8, 4) is 0 Å². The van der Waals surface area contributed by atoms with Gasteiger partial charge in [0.15, 0.2) is 0 Å². The first-order valence-electron chi connectivity index (χ1n) is 6.09. The molecule has 1 rings (SSSR count). The number of nitrogens with one attached hydrogen (secondary N) is 1. The van der Waals surface area contributed by atoms with Crippen molar-refractivity contribution in [3.05, 3.63) is 35.4 Å². The molecule has 1 aromatic carbocycles. The summed E-state index contributed by atoms with van der Waals surface area (Å²) in [4.78, 5) is 0. The molecule has 0 aliphatic carbocycles. The minimum absolute atomic E-state index is 0.466. The first-order valence-corrected chi connectivity index (χ1v) is 7.48. The zero-order chi connectivity index (χ0) is 11.8. The van der Waals surface area contributed by atoms with Crippen molar-refractivity contribution in [3.63, 3.8) is 0 Å². The van der Waals surface area contributed by atoms with Crippen LogP contribution in [0, 0.1) is 0 Å². The third kappa shape index (κ3) is 4.58. The Labute approximate surface area is 104 Å². The van der Waals surface area contributed by atoms with E-state index in [1.807, 2.05) is 11.8 Å². The van der Waals surface area contributed by atoms with E-state index < -0.39 is 0 Å². The molecular formula is C14H23NS.